The van der Waals surface area contributed by atoms with Gasteiger partial charge in [0, 0.05) is 24.2 Å². The largest absolute Gasteiger partial charge is 0.388 e. The number of fused-ring (bicyclic) bond motifs is 1. The second-order valence-corrected chi connectivity index (χ2v) is 4.76. The van der Waals surface area contributed by atoms with Gasteiger partial charge in [-0.2, -0.15) is 0 Å². The Morgan fingerprint density at radius 1 is 1.05 bits per heavy atom. The molecule has 0 saturated heterocycles. The van der Waals surface area contributed by atoms with Crippen LogP contribution >= 0.6 is 0 Å². The highest BCUT2D eigenvalue weighted by molar-refractivity contribution is 5.85. The van der Waals surface area contributed by atoms with Gasteiger partial charge in [0.2, 0.25) is 0 Å². The van der Waals surface area contributed by atoms with Gasteiger partial charge in [-0.3, -0.25) is 4.98 Å². The van der Waals surface area contributed by atoms with Crippen molar-refractivity contribution in [3.63, 3.8) is 0 Å². The van der Waals surface area contributed by atoms with Gasteiger partial charge in [-0.1, -0.05) is 36.4 Å². The minimum absolute atomic E-state index is 0.258. The van der Waals surface area contributed by atoms with Gasteiger partial charge in [0.1, 0.15) is 5.82 Å². The zero-order valence-electron chi connectivity index (χ0n) is 10.8. The fourth-order valence-corrected chi connectivity index (χ4v) is 2.42. The molecule has 0 radical (unpaired) electrons. The number of pyridine rings is 1. The highest BCUT2D eigenvalue weighted by Gasteiger charge is 2.13. The van der Waals surface area contributed by atoms with Crippen LogP contribution in [0.5, 0.6) is 0 Å². The Labute approximate surface area is 116 Å². The maximum absolute atomic E-state index is 13.7. The number of benzene rings is 2. The van der Waals surface area contributed by atoms with Crippen LogP contribution in [-0.4, -0.2) is 10.1 Å². The van der Waals surface area contributed by atoms with Gasteiger partial charge in [0.05, 0.1) is 6.10 Å². The number of rotatable bonds is 3. The summed E-state index contributed by atoms with van der Waals surface area (Å²) in [7, 11) is 0. The first-order valence-corrected chi connectivity index (χ1v) is 6.50. The van der Waals surface area contributed by atoms with Gasteiger partial charge in [-0.05, 0) is 28.6 Å². The Kier molecular flexibility index (Phi) is 3.44. The summed E-state index contributed by atoms with van der Waals surface area (Å²) in [6.07, 6.45) is 2.97. The van der Waals surface area contributed by atoms with Crippen LogP contribution in [-0.2, 0) is 6.42 Å². The molecule has 20 heavy (non-hydrogen) atoms. The first-order chi connectivity index (χ1) is 9.75. The Balaban J connectivity index is 1.97. The maximum atomic E-state index is 13.7. The van der Waals surface area contributed by atoms with Gasteiger partial charge < -0.3 is 5.11 Å². The minimum atomic E-state index is -0.738. The number of halogens is 1. The van der Waals surface area contributed by atoms with E-state index in [9.17, 15) is 9.50 Å². The van der Waals surface area contributed by atoms with Crippen LogP contribution < -0.4 is 0 Å². The number of aliphatic hydroxyl groups is 1. The van der Waals surface area contributed by atoms with Gasteiger partial charge in [0.15, 0.2) is 0 Å². The zero-order chi connectivity index (χ0) is 13.9. The van der Waals surface area contributed by atoms with E-state index in [4.69, 9.17) is 0 Å². The topological polar surface area (TPSA) is 33.1 Å². The average Bonchev–Trinajstić information content (AvgIpc) is 2.49. The van der Waals surface area contributed by atoms with Crippen LogP contribution in [0.25, 0.3) is 10.8 Å². The Morgan fingerprint density at radius 2 is 1.90 bits per heavy atom. The summed E-state index contributed by atoms with van der Waals surface area (Å²) in [4.78, 5) is 4.07. The molecule has 2 nitrogen and oxygen atoms in total. The fraction of sp³-hybridized carbons (Fsp3) is 0.118. The van der Waals surface area contributed by atoms with Crippen LogP contribution in [0.2, 0.25) is 0 Å². The van der Waals surface area contributed by atoms with Crippen LogP contribution in [0.4, 0.5) is 4.39 Å². The SMILES string of the molecule is OC(Cc1ccccc1F)c1cccc2cnccc12. The van der Waals surface area contributed by atoms with E-state index in [1.807, 2.05) is 24.3 Å². The predicted molar refractivity (Wildman–Crippen MR) is 76.8 cm³/mol. The molecule has 1 unspecified atom stereocenters. The average molecular weight is 267 g/mol. The molecule has 1 N–H and O–H groups in total. The Morgan fingerprint density at radius 3 is 2.75 bits per heavy atom. The lowest BCUT2D eigenvalue weighted by Gasteiger charge is -2.14. The first-order valence-electron chi connectivity index (χ1n) is 6.50. The predicted octanol–water partition coefficient (Wildman–Crippen LogP) is 3.65. The normalized spacial score (nSPS) is 12.5. The third kappa shape index (κ3) is 2.40. The van der Waals surface area contributed by atoms with E-state index in [0.29, 0.717) is 5.56 Å². The lowest BCUT2D eigenvalue weighted by Crippen LogP contribution is -2.04. The second kappa shape index (κ2) is 5.39. The molecule has 0 saturated carbocycles. The van der Waals surface area contributed by atoms with Crippen LogP contribution in [0.1, 0.15) is 17.2 Å². The van der Waals surface area contributed by atoms with E-state index in [-0.39, 0.29) is 12.2 Å². The number of aromatic nitrogens is 1. The quantitative estimate of drug-likeness (QED) is 0.785. The molecule has 1 heterocycles. The molecular formula is C17H14FNO. The number of hydrogen-bond donors (Lipinski definition) is 1. The molecule has 0 aliphatic heterocycles. The number of hydrogen-bond acceptors (Lipinski definition) is 2. The van der Waals surface area contributed by atoms with E-state index in [1.54, 1.807) is 30.6 Å². The summed E-state index contributed by atoms with van der Waals surface area (Å²) >= 11 is 0. The minimum Gasteiger partial charge on any atom is -0.388 e. The molecule has 1 aromatic heterocycles. The van der Waals surface area contributed by atoms with Crippen molar-refractivity contribution in [2.24, 2.45) is 0 Å². The Hall–Kier alpha value is -2.26. The molecule has 2 aromatic carbocycles. The van der Waals surface area contributed by atoms with Crippen molar-refractivity contribution < 1.29 is 9.50 Å². The van der Waals surface area contributed by atoms with Crippen molar-refractivity contribution >= 4 is 10.8 Å². The summed E-state index contributed by atoms with van der Waals surface area (Å²) in [5.74, 6) is -0.284. The molecule has 0 spiro atoms. The molecule has 0 amide bonds. The van der Waals surface area contributed by atoms with Gasteiger partial charge in [-0.25, -0.2) is 4.39 Å². The molecule has 1 atom stereocenters. The number of nitrogens with zero attached hydrogens (tertiary/aromatic N) is 1. The van der Waals surface area contributed by atoms with E-state index >= 15 is 0 Å². The monoisotopic (exact) mass is 267 g/mol. The summed E-state index contributed by atoms with van der Waals surface area (Å²) in [6, 6.07) is 14.1. The standard InChI is InChI=1S/C17H14FNO/c18-16-7-2-1-4-12(16)10-17(20)15-6-3-5-13-11-19-9-8-14(13)15/h1-9,11,17,20H,10H2. The lowest BCUT2D eigenvalue weighted by molar-refractivity contribution is 0.178. The lowest BCUT2D eigenvalue weighted by atomic mass is 9.97. The summed E-state index contributed by atoms with van der Waals surface area (Å²) in [6.45, 7) is 0. The third-order valence-corrected chi connectivity index (χ3v) is 3.44. The third-order valence-electron chi connectivity index (χ3n) is 3.44. The highest BCUT2D eigenvalue weighted by atomic mass is 19.1. The zero-order valence-corrected chi connectivity index (χ0v) is 10.8. The van der Waals surface area contributed by atoms with Crippen molar-refractivity contribution in [1.29, 1.82) is 0 Å². The van der Waals surface area contributed by atoms with Gasteiger partial charge in [0.25, 0.3) is 0 Å². The molecule has 3 heteroatoms. The summed E-state index contributed by atoms with van der Waals surface area (Å²) in [5, 5.41) is 12.3. The van der Waals surface area contributed by atoms with Crippen LogP contribution in [0.3, 0.4) is 0 Å². The smallest absolute Gasteiger partial charge is 0.126 e. The van der Waals surface area contributed by atoms with Gasteiger partial charge >= 0.3 is 0 Å². The first kappa shape index (κ1) is 12.8. The second-order valence-electron chi connectivity index (χ2n) is 4.76. The van der Waals surface area contributed by atoms with Crippen LogP contribution in [0.15, 0.2) is 60.9 Å². The number of aliphatic hydroxyl groups excluding tert-OH is 1. The van der Waals surface area contributed by atoms with E-state index in [0.717, 1.165) is 16.3 Å². The molecule has 100 valence electrons. The van der Waals surface area contributed by atoms with E-state index in [2.05, 4.69) is 4.98 Å². The van der Waals surface area contributed by atoms with Crippen molar-refractivity contribution in [3.8, 4) is 0 Å². The molecule has 0 aliphatic carbocycles. The van der Waals surface area contributed by atoms with E-state index < -0.39 is 6.10 Å². The molecule has 0 aliphatic rings. The summed E-state index contributed by atoms with van der Waals surface area (Å²) in [5.41, 5.74) is 1.32. The molecule has 0 bridgehead atoms. The molecule has 0 fully saturated rings. The molecule has 3 rings (SSSR count). The van der Waals surface area contributed by atoms with Crippen molar-refractivity contribution in [2.45, 2.75) is 12.5 Å². The fourth-order valence-electron chi connectivity index (χ4n) is 2.42. The summed E-state index contributed by atoms with van der Waals surface area (Å²) < 4.78 is 13.7. The highest BCUT2D eigenvalue weighted by Crippen LogP contribution is 2.26. The van der Waals surface area contributed by atoms with Crippen LogP contribution in [0, 0.1) is 5.82 Å². The molecular weight excluding hydrogens is 253 g/mol. The molecule has 3 aromatic rings. The van der Waals surface area contributed by atoms with Crippen molar-refractivity contribution in [2.75, 3.05) is 0 Å². The maximum Gasteiger partial charge on any atom is 0.126 e. The van der Waals surface area contributed by atoms with Crippen molar-refractivity contribution in [1.82, 2.24) is 4.98 Å². The van der Waals surface area contributed by atoms with Gasteiger partial charge in [-0.15, -0.1) is 0 Å². The van der Waals surface area contributed by atoms with E-state index in [1.165, 1.54) is 6.07 Å². The Bertz CT molecular complexity index is 736. The van der Waals surface area contributed by atoms with Crippen molar-refractivity contribution in [3.05, 3.63) is 77.9 Å².